The van der Waals surface area contributed by atoms with Crippen LogP contribution < -0.4 is 0 Å². The zero-order valence-corrected chi connectivity index (χ0v) is 7.23. The zero-order chi connectivity index (χ0) is 7.84. The van der Waals surface area contributed by atoms with Gasteiger partial charge in [0.2, 0.25) is 5.91 Å². The van der Waals surface area contributed by atoms with Crippen LogP contribution in [0.25, 0.3) is 0 Å². The second-order valence-corrected chi connectivity index (χ2v) is 3.92. The Morgan fingerprint density at radius 1 is 1.73 bits per heavy atom. The van der Waals surface area contributed by atoms with E-state index in [4.69, 9.17) is 0 Å². The van der Waals surface area contributed by atoms with Crippen molar-refractivity contribution >= 4 is 22.8 Å². The molecule has 0 aromatic carbocycles. The lowest BCUT2D eigenvalue weighted by atomic mass is 10.1. The van der Waals surface area contributed by atoms with Crippen LogP contribution >= 0.6 is 11.8 Å². The van der Waals surface area contributed by atoms with Crippen molar-refractivity contribution in [3.05, 3.63) is 0 Å². The first-order valence-corrected chi connectivity index (χ1v) is 4.76. The molecular formula is C7H10N2OS. The standard InChI is InChI=1S/C7H10N2OS/c1-5-4-8-7-9(6(5)10)2-3-11-7/h5H,2-4H2,1H3. The van der Waals surface area contributed by atoms with Crippen LogP contribution in [0.15, 0.2) is 4.99 Å². The third-order valence-electron chi connectivity index (χ3n) is 1.96. The molecule has 2 heterocycles. The quantitative estimate of drug-likeness (QED) is 0.532. The summed E-state index contributed by atoms with van der Waals surface area (Å²) in [6, 6.07) is 0. The van der Waals surface area contributed by atoms with Crippen LogP contribution in [0.2, 0.25) is 0 Å². The lowest BCUT2D eigenvalue weighted by Gasteiger charge is -2.23. The molecule has 0 radical (unpaired) electrons. The molecule has 0 aliphatic carbocycles. The van der Waals surface area contributed by atoms with Crippen LogP contribution in [0.1, 0.15) is 6.92 Å². The Morgan fingerprint density at radius 3 is 3.36 bits per heavy atom. The fraction of sp³-hybridized carbons (Fsp3) is 0.714. The van der Waals surface area contributed by atoms with Crippen LogP contribution in [0.4, 0.5) is 0 Å². The van der Waals surface area contributed by atoms with Gasteiger partial charge in [-0.05, 0) is 0 Å². The molecule has 1 unspecified atom stereocenters. The molecule has 0 spiro atoms. The van der Waals surface area contributed by atoms with Gasteiger partial charge in [-0.15, -0.1) is 0 Å². The van der Waals surface area contributed by atoms with Gasteiger partial charge < -0.3 is 0 Å². The van der Waals surface area contributed by atoms with E-state index >= 15 is 0 Å². The van der Waals surface area contributed by atoms with Crippen molar-refractivity contribution < 1.29 is 4.79 Å². The second-order valence-electron chi connectivity index (χ2n) is 2.86. The normalized spacial score (nSPS) is 30.3. The lowest BCUT2D eigenvalue weighted by Crippen LogP contribution is -2.40. The molecule has 1 saturated heterocycles. The average Bonchev–Trinajstić information content (AvgIpc) is 2.45. The maximum Gasteiger partial charge on any atom is 0.233 e. The number of fused-ring (bicyclic) bond motifs is 1. The van der Waals surface area contributed by atoms with E-state index in [0.717, 1.165) is 17.5 Å². The number of nitrogens with zero attached hydrogens (tertiary/aromatic N) is 2. The summed E-state index contributed by atoms with van der Waals surface area (Å²) in [5.74, 6) is 1.36. The van der Waals surface area contributed by atoms with E-state index in [-0.39, 0.29) is 11.8 Å². The second kappa shape index (κ2) is 2.52. The fourth-order valence-electron chi connectivity index (χ4n) is 1.30. The Bertz CT molecular complexity index is 226. The molecular weight excluding hydrogens is 160 g/mol. The van der Waals surface area contributed by atoms with Gasteiger partial charge in [-0.25, -0.2) is 0 Å². The van der Waals surface area contributed by atoms with Gasteiger partial charge in [0.25, 0.3) is 0 Å². The number of carbonyl (C=O) groups is 1. The van der Waals surface area contributed by atoms with E-state index in [2.05, 4.69) is 4.99 Å². The molecule has 2 aliphatic heterocycles. The van der Waals surface area contributed by atoms with E-state index in [1.807, 2.05) is 6.92 Å². The van der Waals surface area contributed by atoms with Crippen molar-refractivity contribution in [2.24, 2.45) is 10.9 Å². The first kappa shape index (κ1) is 7.16. The van der Waals surface area contributed by atoms with Crippen molar-refractivity contribution in [2.45, 2.75) is 6.92 Å². The Hall–Kier alpha value is -0.510. The highest BCUT2D eigenvalue weighted by Crippen LogP contribution is 2.23. The van der Waals surface area contributed by atoms with E-state index in [1.54, 1.807) is 16.7 Å². The van der Waals surface area contributed by atoms with Crippen LogP contribution in [-0.4, -0.2) is 34.8 Å². The van der Waals surface area contributed by atoms with E-state index in [9.17, 15) is 4.79 Å². The molecule has 11 heavy (non-hydrogen) atoms. The number of carbonyl (C=O) groups excluding carboxylic acids is 1. The summed E-state index contributed by atoms with van der Waals surface area (Å²) in [5.41, 5.74) is 0. The van der Waals surface area contributed by atoms with Crippen molar-refractivity contribution in [1.29, 1.82) is 0 Å². The van der Waals surface area contributed by atoms with E-state index < -0.39 is 0 Å². The highest BCUT2D eigenvalue weighted by Gasteiger charge is 2.32. The molecule has 1 fully saturated rings. The number of amidine groups is 1. The van der Waals surface area contributed by atoms with Gasteiger partial charge in [0, 0.05) is 12.3 Å². The minimum absolute atomic E-state index is 0.0949. The Labute approximate surface area is 69.9 Å². The summed E-state index contributed by atoms with van der Waals surface area (Å²) in [5, 5.41) is 0.938. The first-order valence-electron chi connectivity index (χ1n) is 3.77. The van der Waals surface area contributed by atoms with E-state index in [0.29, 0.717) is 6.54 Å². The molecule has 2 rings (SSSR count). The summed E-state index contributed by atoms with van der Waals surface area (Å²) in [6.07, 6.45) is 0. The number of aliphatic imine (C=N–C) groups is 1. The topological polar surface area (TPSA) is 32.7 Å². The van der Waals surface area contributed by atoms with E-state index in [1.165, 1.54) is 0 Å². The van der Waals surface area contributed by atoms with Crippen molar-refractivity contribution in [1.82, 2.24) is 4.90 Å². The molecule has 0 aromatic rings. The number of rotatable bonds is 0. The smallest absolute Gasteiger partial charge is 0.233 e. The van der Waals surface area contributed by atoms with Gasteiger partial charge in [0.15, 0.2) is 5.17 Å². The average molecular weight is 170 g/mol. The summed E-state index contributed by atoms with van der Waals surface area (Å²) in [4.78, 5) is 17.6. The monoisotopic (exact) mass is 170 g/mol. The van der Waals surface area contributed by atoms with Crippen LogP contribution in [0, 0.1) is 5.92 Å². The minimum atomic E-state index is 0.0949. The number of hydrogen-bond donors (Lipinski definition) is 0. The highest BCUT2D eigenvalue weighted by atomic mass is 32.2. The maximum absolute atomic E-state index is 11.4. The molecule has 3 nitrogen and oxygen atoms in total. The van der Waals surface area contributed by atoms with Crippen molar-refractivity contribution in [3.63, 3.8) is 0 Å². The van der Waals surface area contributed by atoms with Crippen molar-refractivity contribution in [2.75, 3.05) is 18.8 Å². The third-order valence-corrected chi connectivity index (χ3v) is 2.96. The lowest BCUT2D eigenvalue weighted by molar-refractivity contribution is -0.130. The van der Waals surface area contributed by atoms with Gasteiger partial charge in [0.1, 0.15) is 0 Å². The van der Waals surface area contributed by atoms with Crippen molar-refractivity contribution in [3.8, 4) is 0 Å². The van der Waals surface area contributed by atoms with Gasteiger partial charge in [0.05, 0.1) is 12.5 Å². The molecule has 0 N–H and O–H groups in total. The maximum atomic E-state index is 11.4. The summed E-state index contributed by atoms with van der Waals surface area (Å²) in [7, 11) is 0. The predicted molar refractivity (Wildman–Crippen MR) is 45.6 cm³/mol. The van der Waals surface area contributed by atoms with Gasteiger partial charge >= 0.3 is 0 Å². The molecule has 0 saturated carbocycles. The van der Waals surface area contributed by atoms with Crippen LogP contribution in [-0.2, 0) is 4.79 Å². The van der Waals surface area contributed by atoms with Crippen LogP contribution in [0.3, 0.4) is 0 Å². The predicted octanol–water partition coefficient (Wildman–Crippen LogP) is 0.568. The summed E-state index contributed by atoms with van der Waals surface area (Å²) in [6.45, 7) is 3.47. The molecule has 0 aromatic heterocycles. The molecule has 0 bridgehead atoms. The zero-order valence-electron chi connectivity index (χ0n) is 6.41. The molecule has 2 aliphatic rings. The van der Waals surface area contributed by atoms with Crippen LogP contribution in [0.5, 0.6) is 0 Å². The van der Waals surface area contributed by atoms with Gasteiger partial charge in [-0.3, -0.25) is 14.7 Å². The largest absolute Gasteiger partial charge is 0.290 e. The first-order chi connectivity index (χ1) is 5.29. The van der Waals surface area contributed by atoms with Gasteiger partial charge in [-0.2, -0.15) is 0 Å². The number of amides is 1. The number of thioether (sulfide) groups is 1. The molecule has 1 atom stereocenters. The number of hydrogen-bond acceptors (Lipinski definition) is 3. The minimum Gasteiger partial charge on any atom is -0.290 e. The SMILES string of the molecule is CC1CN=C2SCCN2C1=O. The van der Waals surface area contributed by atoms with Gasteiger partial charge in [-0.1, -0.05) is 18.7 Å². The molecule has 4 heteroatoms. The third kappa shape index (κ3) is 1.05. The molecule has 1 amide bonds. The summed E-state index contributed by atoms with van der Waals surface area (Å²) >= 11 is 1.69. The fourth-order valence-corrected chi connectivity index (χ4v) is 2.26. The Kier molecular flexibility index (Phi) is 1.64. The Balaban J connectivity index is 2.26. The summed E-state index contributed by atoms with van der Waals surface area (Å²) < 4.78 is 0. The highest BCUT2D eigenvalue weighted by molar-refractivity contribution is 8.14. The molecule has 60 valence electrons. The Morgan fingerprint density at radius 2 is 2.55 bits per heavy atom.